The summed E-state index contributed by atoms with van der Waals surface area (Å²) < 4.78 is 0. The Morgan fingerprint density at radius 2 is 1.83 bits per heavy atom. The molecule has 2 rings (SSSR count). The van der Waals surface area contributed by atoms with E-state index in [-0.39, 0.29) is 5.69 Å². The van der Waals surface area contributed by atoms with Crippen molar-refractivity contribution >= 4 is 11.4 Å². The number of rotatable bonds is 3. The average molecular weight is 246 g/mol. The summed E-state index contributed by atoms with van der Waals surface area (Å²) in [5.41, 5.74) is 1.11. The number of hydrogen-bond acceptors (Lipinski definition) is 5. The van der Waals surface area contributed by atoms with Crippen molar-refractivity contribution < 1.29 is 4.92 Å². The van der Waals surface area contributed by atoms with Crippen LogP contribution in [0.2, 0.25) is 0 Å². The van der Waals surface area contributed by atoms with Gasteiger partial charge in [-0.05, 0) is 12.1 Å². The molecule has 0 aliphatic carbocycles. The van der Waals surface area contributed by atoms with Crippen molar-refractivity contribution in [1.29, 1.82) is 5.26 Å². The number of hydrogen-bond donors (Lipinski definition) is 0. The van der Waals surface area contributed by atoms with Crippen LogP contribution in [0.15, 0.2) is 24.3 Å². The molecule has 0 unspecified atom stereocenters. The highest BCUT2D eigenvalue weighted by atomic mass is 16.6. The third-order valence-electron chi connectivity index (χ3n) is 3.09. The normalized spacial score (nSPS) is 16.3. The topological polar surface area (TPSA) is 73.4 Å². The van der Waals surface area contributed by atoms with Crippen molar-refractivity contribution in [2.45, 2.75) is 0 Å². The quantitative estimate of drug-likeness (QED) is 0.456. The van der Waals surface area contributed by atoms with Gasteiger partial charge >= 0.3 is 0 Å². The maximum absolute atomic E-state index is 10.6. The minimum absolute atomic E-state index is 0.113. The van der Waals surface area contributed by atoms with Crippen molar-refractivity contribution in [3.8, 4) is 6.07 Å². The van der Waals surface area contributed by atoms with Gasteiger partial charge in [-0.3, -0.25) is 15.0 Å². The highest BCUT2D eigenvalue weighted by Crippen LogP contribution is 2.20. The highest BCUT2D eigenvalue weighted by Gasteiger charge is 2.17. The highest BCUT2D eigenvalue weighted by molar-refractivity contribution is 5.51. The van der Waals surface area contributed by atoms with E-state index in [0.717, 1.165) is 31.9 Å². The molecule has 1 heterocycles. The first-order valence-electron chi connectivity index (χ1n) is 5.79. The smallest absolute Gasteiger partial charge is 0.269 e. The molecule has 18 heavy (non-hydrogen) atoms. The number of benzene rings is 1. The van der Waals surface area contributed by atoms with Gasteiger partial charge in [0.15, 0.2) is 0 Å². The molecular formula is C12H14N4O2. The Morgan fingerprint density at radius 1 is 1.22 bits per heavy atom. The predicted molar refractivity (Wildman–Crippen MR) is 67.4 cm³/mol. The van der Waals surface area contributed by atoms with E-state index in [1.54, 1.807) is 12.1 Å². The zero-order valence-corrected chi connectivity index (χ0v) is 9.95. The van der Waals surface area contributed by atoms with Crippen LogP contribution in [0.1, 0.15) is 0 Å². The van der Waals surface area contributed by atoms with Gasteiger partial charge in [-0.25, -0.2) is 0 Å². The van der Waals surface area contributed by atoms with E-state index in [4.69, 9.17) is 5.26 Å². The lowest BCUT2D eigenvalue weighted by Crippen LogP contribution is -2.46. The van der Waals surface area contributed by atoms with Crippen molar-refractivity contribution in [2.24, 2.45) is 0 Å². The summed E-state index contributed by atoms with van der Waals surface area (Å²) in [4.78, 5) is 14.4. The standard InChI is InChI=1S/C12H14N4O2/c13-5-6-14-7-9-15(10-8-14)11-1-3-12(4-2-11)16(17)18/h1-4H,6-10H2. The second kappa shape index (κ2) is 5.47. The maximum atomic E-state index is 10.6. The maximum Gasteiger partial charge on any atom is 0.269 e. The lowest BCUT2D eigenvalue weighted by Gasteiger charge is -2.34. The summed E-state index contributed by atoms with van der Waals surface area (Å²) in [7, 11) is 0. The Hall–Kier alpha value is -2.13. The summed E-state index contributed by atoms with van der Waals surface area (Å²) in [6.07, 6.45) is 0. The first-order valence-corrected chi connectivity index (χ1v) is 5.79. The van der Waals surface area contributed by atoms with E-state index in [9.17, 15) is 10.1 Å². The molecule has 1 aromatic carbocycles. The van der Waals surface area contributed by atoms with Crippen molar-refractivity contribution in [1.82, 2.24) is 4.90 Å². The van der Waals surface area contributed by atoms with Gasteiger partial charge in [-0.1, -0.05) is 0 Å². The summed E-state index contributed by atoms with van der Waals surface area (Å²) in [6, 6.07) is 8.75. The number of anilines is 1. The molecule has 0 amide bonds. The average Bonchev–Trinajstić information content (AvgIpc) is 2.40. The Bertz CT molecular complexity index is 458. The third kappa shape index (κ3) is 2.76. The van der Waals surface area contributed by atoms with Crippen LogP contribution in [0, 0.1) is 21.4 Å². The van der Waals surface area contributed by atoms with Crippen LogP contribution >= 0.6 is 0 Å². The summed E-state index contributed by atoms with van der Waals surface area (Å²) in [6.45, 7) is 3.86. The SMILES string of the molecule is N#CCN1CCN(c2ccc([N+](=O)[O-])cc2)CC1. The molecule has 1 fully saturated rings. The number of piperazine rings is 1. The number of non-ortho nitro benzene ring substituents is 1. The molecular weight excluding hydrogens is 232 g/mol. The fourth-order valence-corrected chi connectivity index (χ4v) is 2.05. The van der Waals surface area contributed by atoms with E-state index in [2.05, 4.69) is 15.9 Å². The number of nitro benzene ring substituents is 1. The summed E-state index contributed by atoms with van der Waals surface area (Å²) in [5, 5.41) is 19.2. The van der Waals surface area contributed by atoms with Gasteiger partial charge in [-0.2, -0.15) is 5.26 Å². The van der Waals surface area contributed by atoms with Crippen LogP contribution in [-0.2, 0) is 0 Å². The van der Waals surface area contributed by atoms with Gasteiger partial charge in [0.05, 0.1) is 17.5 Å². The molecule has 0 N–H and O–H groups in total. The van der Waals surface area contributed by atoms with Crippen LogP contribution in [0.4, 0.5) is 11.4 Å². The van der Waals surface area contributed by atoms with Crippen LogP contribution in [0.5, 0.6) is 0 Å². The van der Waals surface area contributed by atoms with E-state index in [0.29, 0.717) is 6.54 Å². The number of nitro groups is 1. The van der Waals surface area contributed by atoms with Crippen molar-refractivity contribution in [3.63, 3.8) is 0 Å². The molecule has 1 aromatic rings. The predicted octanol–water partition coefficient (Wildman–Crippen LogP) is 1.24. The molecule has 0 saturated carbocycles. The fourth-order valence-electron chi connectivity index (χ4n) is 2.05. The molecule has 0 spiro atoms. The van der Waals surface area contributed by atoms with E-state index >= 15 is 0 Å². The van der Waals surface area contributed by atoms with Crippen LogP contribution in [0.25, 0.3) is 0 Å². The van der Waals surface area contributed by atoms with Gasteiger partial charge in [0.1, 0.15) is 0 Å². The van der Waals surface area contributed by atoms with Gasteiger partial charge < -0.3 is 4.90 Å². The lowest BCUT2D eigenvalue weighted by atomic mass is 10.2. The third-order valence-corrected chi connectivity index (χ3v) is 3.09. The molecule has 1 saturated heterocycles. The summed E-state index contributed by atoms with van der Waals surface area (Å²) in [5.74, 6) is 0. The van der Waals surface area contributed by atoms with Gasteiger partial charge in [0, 0.05) is 44.0 Å². The molecule has 1 aliphatic rings. The Morgan fingerprint density at radius 3 is 2.33 bits per heavy atom. The zero-order chi connectivity index (χ0) is 13.0. The van der Waals surface area contributed by atoms with E-state index < -0.39 is 4.92 Å². The number of nitriles is 1. The molecule has 0 atom stereocenters. The van der Waals surface area contributed by atoms with Crippen LogP contribution in [-0.4, -0.2) is 42.5 Å². The van der Waals surface area contributed by atoms with Gasteiger partial charge in [0.2, 0.25) is 0 Å². The Labute approximate surface area is 105 Å². The van der Waals surface area contributed by atoms with Crippen LogP contribution < -0.4 is 4.90 Å². The largest absolute Gasteiger partial charge is 0.369 e. The van der Waals surface area contributed by atoms with Gasteiger partial charge in [-0.15, -0.1) is 0 Å². The monoisotopic (exact) mass is 246 g/mol. The number of nitrogens with zero attached hydrogens (tertiary/aromatic N) is 4. The second-order valence-electron chi connectivity index (χ2n) is 4.19. The first-order chi connectivity index (χ1) is 8.70. The lowest BCUT2D eigenvalue weighted by molar-refractivity contribution is -0.384. The molecule has 1 aliphatic heterocycles. The van der Waals surface area contributed by atoms with E-state index in [1.807, 2.05) is 0 Å². The zero-order valence-electron chi connectivity index (χ0n) is 9.95. The molecule has 94 valence electrons. The fraction of sp³-hybridized carbons (Fsp3) is 0.417. The summed E-state index contributed by atoms with van der Waals surface area (Å²) >= 11 is 0. The second-order valence-corrected chi connectivity index (χ2v) is 4.19. The molecule has 6 heteroatoms. The minimum atomic E-state index is -0.394. The van der Waals surface area contributed by atoms with Crippen molar-refractivity contribution in [3.05, 3.63) is 34.4 Å². The minimum Gasteiger partial charge on any atom is -0.369 e. The van der Waals surface area contributed by atoms with E-state index in [1.165, 1.54) is 12.1 Å². The molecule has 0 aromatic heterocycles. The first kappa shape index (κ1) is 12.3. The molecule has 0 radical (unpaired) electrons. The molecule has 0 bridgehead atoms. The van der Waals surface area contributed by atoms with Crippen LogP contribution in [0.3, 0.4) is 0 Å². The Kier molecular flexibility index (Phi) is 3.75. The van der Waals surface area contributed by atoms with Crippen molar-refractivity contribution in [2.75, 3.05) is 37.6 Å². The Balaban J connectivity index is 1.97. The van der Waals surface area contributed by atoms with Gasteiger partial charge in [0.25, 0.3) is 5.69 Å². The molecule has 6 nitrogen and oxygen atoms in total.